The van der Waals surface area contributed by atoms with Crippen LogP contribution in [-0.4, -0.2) is 30.6 Å². The van der Waals surface area contributed by atoms with Crippen LogP contribution in [0.2, 0.25) is 0 Å². The van der Waals surface area contributed by atoms with Crippen LogP contribution in [0.5, 0.6) is 11.5 Å². The van der Waals surface area contributed by atoms with Crippen molar-refractivity contribution >= 4 is 17.3 Å². The molecule has 1 aliphatic heterocycles. The Bertz CT molecular complexity index is 960. The topological polar surface area (TPSA) is 72.5 Å². The molecular weight excluding hydrogens is 354 g/mol. The molecule has 6 nitrogen and oxygen atoms in total. The molecule has 142 valence electrons. The van der Waals surface area contributed by atoms with E-state index in [2.05, 4.69) is 27.8 Å². The number of aromatic nitrogens is 1. The van der Waals surface area contributed by atoms with Gasteiger partial charge in [-0.15, -0.1) is 0 Å². The van der Waals surface area contributed by atoms with Gasteiger partial charge in [-0.25, -0.2) is 0 Å². The molecular formula is C22H21N3O3. The minimum absolute atomic E-state index is 0.275. The summed E-state index contributed by atoms with van der Waals surface area (Å²) < 4.78 is 11.0. The summed E-state index contributed by atoms with van der Waals surface area (Å²) >= 11 is 0. The van der Waals surface area contributed by atoms with Gasteiger partial charge >= 0.3 is 0 Å². The van der Waals surface area contributed by atoms with Crippen LogP contribution in [0, 0.1) is 0 Å². The second kappa shape index (κ2) is 8.43. The van der Waals surface area contributed by atoms with E-state index >= 15 is 0 Å². The maximum absolute atomic E-state index is 12.6. The van der Waals surface area contributed by atoms with E-state index in [4.69, 9.17) is 9.47 Å². The van der Waals surface area contributed by atoms with Crippen molar-refractivity contribution in [1.82, 2.24) is 4.98 Å². The van der Waals surface area contributed by atoms with E-state index in [0.29, 0.717) is 36.1 Å². The van der Waals surface area contributed by atoms with Crippen LogP contribution < -0.4 is 20.1 Å². The van der Waals surface area contributed by atoms with Gasteiger partial charge in [0.25, 0.3) is 5.91 Å². The Balaban J connectivity index is 1.37. The lowest BCUT2D eigenvalue weighted by Crippen LogP contribution is -2.17. The van der Waals surface area contributed by atoms with Crippen LogP contribution in [0.15, 0.2) is 66.9 Å². The zero-order chi connectivity index (χ0) is 19.2. The van der Waals surface area contributed by atoms with Crippen LogP contribution in [0.4, 0.5) is 11.4 Å². The molecule has 3 aromatic rings. The maximum atomic E-state index is 12.6. The molecule has 6 heteroatoms. The lowest BCUT2D eigenvalue weighted by Gasteiger charge is -2.19. The van der Waals surface area contributed by atoms with E-state index in [0.717, 1.165) is 18.7 Å². The molecule has 0 atom stereocenters. The van der Waals surface area contributed by atoms with Crippen molar-refractivity contribution in [1.29, 1.82) is 0 Å². The van der Waals surface area contributed by atoms with Crippen molar-refractivity contribution in [3.8, 4) is 11.5 Å². The number of nitrogens with zero attached hydrogens (tertiary/aromatic N) is 1. The molecule has 0 unspecified atom stereocenters. The predicted molar refractivity (Wildman–Crippen MR) is 108 cm³/mol. The third-order valence-corrected chi connectivity index (χ3v) is 4.38. The molecule has 0 saturated heterocycles. The van der Waals surface area contributed by atoms with Crippen LogP contribution >= 0.6 is 0 Å². The summed E-state index contributed by atoms with van der Waals surface area (Å²) in [6.45, 7) is 1.81. The highest BCUT2D eigenvalue weighted by atomic mass is 16.6. The highest BCUT2D eigenvalue weighted by Gasteiger charge is 2.14. The summed E-state index contributed by atoms with van der Waals surface area (Å²) in [5, 5.41) is 6.19. The molecule has 1 aliphatic rings. The van der Waals surface area contributed by atoms with Gasteiger partial charge in [0.2, 0.25) is 0 Å². The lowest BCUT2D eigenvalue weighted by atomic mass is 10.1. The molecule has 0 spiro atoms. The summed E-state index contributed by atoms with van der Waals surface area (Å²) in [5.41, 5.74) is 3.11. The molecule has 0 saturated carbocycles. The number of ether oxygens (including phenoxy) is 2. The molecule has 0 radical (unpaired) electrons. The molecule has 2 N–H and O–H groups in total. The number of nitrogens with one attached hydrogen (secondary N) is 2. The van der Waals surface area contributed by atoms with Crippen LogP contribution in [-0.2, 0) is 6.42 Å². The number of pyridine rings is 1. The molecule has 4 rings (SSSR count). The largest absolute Gasteiger partial charge is 0.486 e. The number of carbonyl (C=O) groups excluding carboxylic acids is 1. The van der Waals surface area contributed by atoms with E-state index in [1.165, 1.54) is 5.56 Å². The number of anilines is 2. The summed E-state index contributed by atoms with van der Waals surface area (Å²) in [5.74, 6) is 1.05. The Kier molecular flexibility index (Phi) is 5.38. The monoisotopic (exact) mass is 375 g/mol. The Labute approximate surface area is 163 Å². The number of fused-ring (bicyclic) bond motifs is 1. The summed E-state index contributed by atoms with van der Waals surface area (Å²) in [6.07, 6.45) is 2.53. The van der Waals surface area contributed by atoms with E-state index in [9.17, 15) is 4.79 Å². The van der Waals surface area contributed by atoms with Crippen LogP contribution in [0.25, 0.3) is 0 Å². The molecule has 0 fully saturated rings. The van der Waals surface area contributed by atoms with Gasteiger partial charge in [-0.1, -0.05) is 30.3 Å². The SMILES string of the molecule is O=C(Nc1ccc2c(c1)OCCO2)c1cc(NCCc2ccccc2)ccn1. The first kappa shape index (κ1) is 17.9. The normalized spacial score (nSPS) is 12.3. The first-order chi connectivity index (χ1) is 13.8. The molecule has 2 aromatic carbocycles. The fraction of sp³-hybridized carbons (Fsp3) is 0.182. The highest BCUT2D eigenvalue weighted by molar-refractivity contribution is 6.03. The number of hydrogen-bond acceptors (Lipinski definition) is 5. The van der Waals surface area contributed by atoms with Gasteiger partial charge in [0.15, 0.2) is 11.5 Å². The van der Waals surface area contributed by atoms with Gasteiger partial charge in [-0.05, 0) is 36.2 Å². The zero-order valence-corrected chi connectivity index (χ0v) is 15.4. The molecule has 2 heterocycles. The number of amides is 1. The average Bonchev–Trinajstić information content (AvgIpc) is 2.75. The fourth-order valence-corrected chi connectivity index (χ4v) is 2.98. The minimum Gasteiger partial charge on any atom is -0.486 e. The standard InChI is InChI=1S/C22H21N3O3/c26-22(25-18-6-7-20-21(15-18)28-13-12-27-20)19-14-17(9-11-24-19)23-10-8-16-4-2-1-3-5-16/h1-7,9,11,14-15H,8,10,12-13H2,(H,23,24)(H,25,26). The third kappa shape index (κ3) is 4.40. The van der Waals surface area contributed by atoms with E-state index in [1.54, 1.807) is 30.5 Å². The summed E-state index contributed by atoms with van der Waals surface area (Å²) in [4.78, 5) is 16.7. The number of rotatable bonds is 6. The highest BCUT2D eigenvalue weighted by Crippen LogP contribution is 2.32. The fourth-order valence-electron chi connectivity index (χ4n) is 2.98. The van der Waals surface area contributed by atoms with Crippen LogP contribution in [0.3, 0.4) is 0 Å². The Hall–Kier alpha value is -3.54. The average molecular weight is 375 g/mol. The summed E-state index contributed by atoms with van der Waals surface area (Å²) in [6, 6.07) is 19.2. The van der Waals surface area contributed by atoms with E-state index in [-0.39, 0.29) is 5.91 Å². The van der Waals surface area contributed by atoms with Gasteiger partial charge in [-0.2, -0.15) is 0 Å². The predicted octanol–water partition coefficient (Wildman–Crippen LogP) is 3.76. The molecule has 1 aromatic heterocycles. The number of hydrogen-bond donors (Lipinski definition) is 2. The van der Waals surface area contributed by atoms with E-state index in [1.807, 2.05) is 24.3 Å². The van der Waals surface area contributed by atoms with Crippen molar-refractivity contribution in [2.75, 3.05) is 30.4 Å². The maximum Gasteiger partial charge on any atom is 0.274 e. The lowest BCUT2D eigenvalue weighted by molar-refractivity contribution is 0.102. The number of carbonyl (C=O) groups is 1. The quantitative estimate of drug-likeness (QED) is 0.686. The second-order valence-electron chi connectivity index (χ2n) is 6.40. The van der Waals surface area contributed by atoms with Crippen molar-refractivity contribution in [2.24, 2.45) is 0 Å². The van der Waals surface area contributed by atoms with Gasteiger partial charge in [0, 0.05) is 30.2 Å². The van der Waals surface area contributed by atoms with Crippen molar-refractivity contribution in [3.63, 3.8) is 0 Å². The Morgan fingerprint density at radius 3 is 2.61 bits per heavy atom. The zero-order valence-electron chi connectivity index (χ0n) is 15.4. The molecule has 0 bridgehead atoms. The van der Waals surface area contributed by atoms with Gasteiger partial charge in [0.05, 0.1) is 0 Å². The van der Waals surface area contributed by atoms with Crippen LogP contribution in [0.1, 0.15) is 16.1 Å². The molecule has 0 aliphatic carbocycles. The molecule has 28 heavy (non-hydrogen) atoms. The summed E-state index contributed by atoms with van der Waals surface area (Å²) in [7, 11) is 0. The Morgan fingerprint density at radius 2 is 1.75 bits per heavy atom. The molecule has 1 amide bonds. The number of benzene rings is 2. The van der Waals surface area contributed by atoms with Gasteiger partial charge in [0.1, 0.15) is 18.9 Å². The second-order valence-corrected chi connectivity index (χ2v) is 6.40. The third-order valence-electron chi connectivity index (χ3n) is 4.38. The van der Waals surface area contributed by atoms with E-state index < -0.39 is 0 Å². The minimum atomic E-state index is -0.275. The van der Waals surface area contributed by atoms with Crippen molar-refractivity contribution in [3.05, 3.63) is 78.1 Å². The van der Waals surface area contributed by atoms with Crippen molar-refractivity contribution < 1.29 is 14.3 Å². The first-order valence-corrected chi connectivity index (χ1v) is 9.23. The van der Waals surface area contributed by atoms with Gasteiger partial charge in [-0.3, -0.25) is 9.78 Å². The Morgan fingerprint density at radius 1 is 0.929 bits per heavy atom. The first-order valence-electron chi connectivity index (χ1n) is 9.23. The smallest absolute Gasteiger partial charge is 0.274 e. The van der Waals surface area contributed by atoms with Crippen molar-refractivity contribution in [2.45, 2.75) is 6.42 Å². The van der Waals surface area contributed by atoms with Gasteiger partial charge < -0.3 is 20.1 Å².